The van der Waals surface area contributed by atoms with Gasteiger partial charge in [0.2, 0.25) is 5.82 Å². The van der Waals surface area contributed by atoms with Crippen molar-refractivity contribution in [2.24, 2.45) is 5.92 Å². The third-order valence-corrected chi connectivity index (χ3v) is 5.24. The SMILES string of the molecule is C[C@@H]1CCCN(C(=O)c2nc(-c3ccnc(N4CCCCC4)c3)no2)C1. The molecule has 7 nitrogen and oxygen atoms in total. The molecule has 0 aromatic carbocycles. The predicted octanol–water partition coefficient (Wildman–Crippen LogP) is 2.99. The maximum Gasteiger partial charge on any atom is 0.316 e. The first-order valence-corrected chi connectivity index (χ1v) is 9.55. The number of hydrogen-bond acceptors (Lipinski definition) is 6. The van der Waals surface area contributed by atoms with E-state index in [2.05, 4.69) is 26.9 Å². The molecule has 7 heteroatoms. The van der Waals surface area contributed by atoms with Crippen molar-refractivity contribution in [3.05, 3.63) is 24.2 Å². The third kappa shape index (κ3) is 3.57. The summed E-state index contributed by atoms with van der Waals surface area (Å²) in [7, 11) is 0. The van der Waals surface area contributed by atoms with Crippen LogP contribution in [0.15, 0.2) is 22.9 Å². The van der Waals surface area contributed by atoms with Gasteiger partial charge in [-0.05, 0) is 50.2 Å². The second-order valence-electron chi connectivity index (χ2n) is 7.37. The van der Waals surface area contributed by atoms with Gasteiger partial charge < -0.3 is 14.3 Å². The molecule has 0 unspecified atom stereocenters. The fourth-order valence-corrected chi connectivity index (χ4v) is 3.79. The van der Waals surface area contributed by atoms with Gasteiger partial charge >= 0.3 is 11.8 Å². The van der Waals surface area contributed by atoms with Crippen LogP contribution in [0.5, 0.6) is 0 Å². The number of hydrogen-bond donors (Lipinski definition) is 0. The number of likely N-dealkylation sites (tertiary alicyclic amines) is 1. The fourth-order valence-electron chi connectivity index (χ4n) is 3.79. The van der Waals surface area contributed by atoms with E-state index in [-0.39, 0.29) is 11.8 Å². The number of pyridine rings is 1. The van der Waals surface area contributed by atoms with E-state index in [1.165, 1.54) is 19.3 Å². The molecule has 1 amide bonds. The Labute approximate surface area is 153 Å². The number of rotatable bonds is 3. The zero-order valence-corrected chi connectivity index (χ0v) is 15.2. The lowest BCUT2D eigenvalue weighted by atomic mass is 10.0. The van der Waals surface area contributed by atoms with E-state index in [0.717, 1.165) is 50.4 Å². The highest BCUT2D eigenvalue weighted by Gasteiger charge is 2.26. The molecule has 2 aromatic rings. The number of amides is 1. The van der Waals surface area contributed by atoms with Crippen LogP contribution in [-0.2, 0) is 0 Å². The number of carbonyl (C=O) groups excluding carboxylic acids is 1. The number of piperidine rings is 2. The summed E-state index contributed by atoms with van der Waals surface area (Å²) in [5.41, 5.74) is 0.829. The summed E-state index contributed by atoms with van der Waals surface area (Å²) >= 11 is 0. The van der Waals surface area contributed by atoms with Gasteiger partial charge in [-0.2, -0.15) is 4.98 Å². The van der Waals surface area contributed by atoms with Crippen molar-refractivity contribution in [2.75, 3.05) is 31.1 Å². The van der Waals surface area contributed by atoms with Gasteiger partial charge in [-0.3, -0.25) is 4.79 Å². The fraction of sp³-hybridized carbons (Fsp3) is 0.579. The Morgan fingerprint density at radius 1 is 1.19 bits per heavy atom. The van der Waals surface area contributed by atoms with E-state index in [1.807, 2.05) is 17.0 Å². The average Bonchev–Trinajstić information content (AvgIpc) is 3.18. The van der Waals surface area contributed by atoms with Crippen molar-refractivity contribution >= 4 is 11.7 Å². The molecule has 26 heavy (non-hydrogen) atoms. The summed E-state index contributed by atoms with van der Waals surface area (Å²) in [6, 6.07) is 3.84. The van der Waals surface area contributed by atoms with E-state index in [0.29, 0.717) is 11.7 Å². The van der Waals surface area contributed by atoms with Crippen molar-refractivity contribution in [2.45, 2.75) is 39.0 Å². The van der Waals surface area contributed by atoms with Gasteiger partial charge in [0.15, 0.2) is 0 Å². The normalized spacial score (nSPS) is 21.0. The van der Waals surface area contributed by atoms with Crippen molar-refractivity contribution in [1.82, 2.24) is 20.0 Å². The molecule has 2 aromatic heterocycles. The molecule has 2 fully saturated rings. The zero-order valence-electron chi connectivity index (χ0n) is 15.2. The summed E-state index contributed by atoms with van der Waals surface area (Å²) in [4.78, 5) is 25.5. The predicted molar refractivity (Wildman–Crippen MR) is 97.9 cm³/mol. The van der Waals surface area contributed by atoms with Crippen LogP contribution in [0.1, 0.15) is 49.7 Å². The Morgan fingerprint density at radius 3 is 2.85 bits per heavy atom. The Bertz CT molecular complexity index is 769. The highest BCUT2D eigenvalue weighted by atomic mass is 16.5. The molecular formula is C19H25N5O2. The molecule has 138 valence electrons. The van der Waals surface area contributed by atoms with Crippen LogP contribution in [0, 0.1) is 5.92 Å². The third-order valence-electron chi connectivity index (χ3n) is 5.24. The molecule has 2 saturated heterocycles. The lowest BCUT2D eigenvalue weighted by Crippen LogP contribution is -2.39. The smallest absolute Gasteiger partial charge is 0.316 e. The molecule has 1 atom stereocenters. The minimum Gasteiger partial charge on any atom is -0.357 e. The molecule has 0 radical (unpaired) electrons. The Kier molecular flexibility index (Phi) is 4.86. The average molecular weight is 355 g/mol. The van der Waals surface area contributed by atoms with Crippen LogP contribution < -0.4 is 4.90 Å². The Hall–Kier alpha value is -2.44. The highest BCUT2D eigenvalue weighted by Crippen LogP contribution is 2.24. The summed E-state index contributed by atoms with van der Waals surface area (Å²) in [5, 5.41) is 4.03. The van der Waals surface area contributed by atoms with Gasteiger partial charge in [0, 0.05) is 37.9 Å². The summed E-state index contributed by atoms with van der Waals surface area (Å²) < 4.78 is 5.27. The van der Waals surface area contributed by atoms with E-state index >= 15 is 0 Å². The number of carbonyl (C=O) groups is 1. The quantitative estimate of drug-likeness (QED) is 0.842. The molecule has 4 rings (SSSR count). The second kappa shape index (κ2) is 7.43. The van der Waals surface area contributed by atoms with Crippen molar-refractivity contribution in [3.63, 3.8) is 0 Å². The molecule has 0 bridgehead atoms. The lowest BCUT2D eigenvalue weighted by molar-refractivity contribution is 0.0633. The number of anilines is 1. The van der Waals surface area contributed by atoms with Crippen LogP contribution in [0.3, 0.4) is 0 Å². The van der Waals surface area contributed by atoms with E-state index in [1.54, 1.807) is 6.20 Å². The van der Waals surface area contributed by atoms with Gasteiger partial charge in [0.05, 0.1) is 0 Å². The molecule has 0 N–H and O–H groups in total. The van der Waals surface area contributed by atoms with Gasteiger partial charge in [0.25, 0.3) is 0 Å². The van der Waals surface area contributed by atoms with Crippen LogP contribution in [0.2, 0.25) is 0 Å². The molecular weight excluding hydrogens is 330 g/mol. The van der Waals surface area contributed by atoms with E-state index < -0.39 is 0 Å². The van der Waals surface area contributed by atoms with Gasteiger partial charge in [-0.15, -0.1) is 0 Å². The number of nitrogens with zero attached hydrogens (tertiary/aromatic N) is 5. The molecule has 0 aliphatic carbocycles. The minimum atomic E-state index is -0.166. The van der Waals surface area contributed by atoms with Crippen LogP contribution in [-0.4, -0.2) is 52.1 Å². The highest BCUT2D eigenvalue weighted by molar-refractivity contribution is 5.90. The zero-order chi connectivity index (χ0) is 17.9. The first-order valence-electron chi connectivity index (χ1n) is 9.55. The first-order chi connectivity index (χ1) is 12.7. The van der Waals surface area contributed by atoms with Crippen molar-refractivity contribution < 1.29 is 9.32 Å². The van der Waals surface area contributed by atoms with Gasteiger partial charge in [0.1, 0.15) is 5.82 Å². The summed E-state index contributed by atoms with van der Waals surface area (Å²) in [6.07, 6.45) is 7.62. The van der Waals surface area contributed by atoms with Crippen LogP contribution in [0.25, 0.3) is 11.4 Å². The molecule has 0 spiro atoms. The lowest BCUT2D eigenvalue weighted by Gasteiger charge is -2.29. The van der Waals surface area contributed by atoms with Crippen molar-refractivity contribution in [3.8, 4) is 11.4 Å². The van der Waals surface area contributed by atoms with Crippen LogP contribution >= 0.6 is 0 Å². The molecule has 2 aliphatic heterocycles. The molecule has 2 aliphatic rings. The topological polar surface area (TPSA) is 75.4 Å². The van der Waals surface area contributed by atoms with Crippen LogP contribution in [0.4, 0.5) is 5.82 Å². The molecule has 0 saturated carbocycles. The largest absolute Gasteiger partial charge is 0.357 e. The molecule has 4 heterocycles. The maximum atomic E-state index is 12.6. The Balaban J connectivity index is 1.51. The second-order valence-corrected chi connectivity index (χ2v) is 7.37. The van der Waals surface area contributed by atoms with E-state index in [9.17, 15) is 4.79 Å². The van der Waals surface area contributed by atoms with Gasteiger partial charge in [-0.25, -0.2) is 4.98 Å². The standard InChI is InChI=1S/C19H25N5O2/c1-14-6-5-11-24(13-14)19(25)18-21-17(22-26-18)15-7-8-20-16(12-15)23-9-3-2-4-10-23/h7-8,12,14H,2-6,9-11,13H2,1H3/t14-/m1/s1. The summed E-state index contributed by atoms with van der Waals surface area (Å²) in [5.74, 6) is 1.80. The minimum absolute atomic E-state index is 0.0745. The monoisotopic (exact) mass is 355 g/mol. The summed E-state index contributed by atoms with van der Waals surface area (Å²) in [6.45, 7) is 5.73. The van der Waals surface area contributed by atoms with E-state index in [4.69, 9.17) is 4.52 Å². The Morgan fingerprint density at radius 2 is 2.04 bits per heavy atom. The first kappa shape index (κ1) is 17.0. The van der Waals surface area contributed by atoms with Gasteiger partial charge in [-0.1, -0.05) is 12.1 Å². The van der Waals surface area contributed by atoms with Crippen molar-refractivity contribution in [1.29, 1.82) is 0 Å². The maximum absolute atomic E-state index is 12.6. The number of aromatic nitrogens is 3.